The second kappa shape index (κ2) is 17.7. The van der Waals surface area contributed by atoms with Crippen LogP contribution in [-0.4, -0.2) is 23.4 Å². The molecule has 8 aromatic rings. The summed E-state index contributed by atoms with van der Waals surface area (Å²) in [6.45, 7) is 1.16. The number of anilines is 2. The highest BCUT2D eigenvalue weighted by atomic mass is 16.5. The first-order valence-corrected chi connectivity index (χ1v) is 18.8. The lowest BCUT2D eigenvalue weighted by molar-refractivity contribution is 0.415. The van der Waals surface area contributed by atoms with Gasteiger partial charge in [-0.2, -0.15) is 10.5 Å². The van der Waals surface area contributed by atoms with E-state index >= 15 is 0 Å². The fourth-order valence-electron chi connectivity index (χ4n) is 7.23. The molecule has 2 heterocycles. The Labute approximate surface area is 339 Å². The van der Waals surface area contributed by atoms with Crippen LogP contribution in [0.25, 0.3) is 44.8 Å². The summed E-state index contributed by atoms with van der Waals surface area (Å²) in [4.78, 5) is 0. The molecule has 8 nitrogen and oxygen atoms in total. The van der Waals surface area contributed by atoms with Crippen LogP contribution in [0.3, 0.4) is 0 Å². The number of hydrogen-bond donors (Lipinski definition) is 2. The molecule has 0 amide bonds. The summed E-state index contributed by atoms with van der Waals surface area (Å²) in [5.74, 6) is 2.50. The van der Waals surface area contributed by atoms with E-state index in [2.05, 4.69) is 36.4 Å². The van der Waals surface area contributed by atoms with Crippen LogP contribution in [0.5, 0.6) is 11.5 Å². The van der Waals surface area contributed by atoms with E-state index in [0.29, 0.717) is 35.9 Å². The van der Waals surface area contributed by atoms with Crippen molar-refractivity contribution in [1.82, 2.24) is 9.13 Å². The molecule has 0 spiro atoms. The molecule has 0 unspecified atom stereocenters. The van der Waals surface area contributed by atoms with Crippen molar-refractivity contribution < 1.29 is 9.47 Å². The summed E-state index contributed by atoms with van der Waals surface area (Å²) in [7, 11) is 3.29. The monoisotopic (exact) mass is 758 g/mol. The molecule has 0 aliphatic heterocycles. The Morgan fingerprint density at radius 2 is 0.741 bits per heavy atom. The summed E-state index contributed by atoms with van der Waals surface area (Å²) < 4.78 is 14.7. The molecule has 0 radical (unpaired) electrons. The Bertz CT molecular complexity index is 2690. The Hall–Kier alpha value is -7.94. The highest BCUT2D eigenvalue weighted by Crippen LogP contribution is 2.43. The minimum Gasteiger partial charge on any atom is -0.497 e. The van der Waals surface area contributed by atoms with Gasteiger partial charge in [-0.25, -0.2) is 0 Å². The number of benzene rings is 6. The average molecular weight is 759 g/mol. The third kappa shape index (κ3) is 7.90. The fourth-order valence-corrected chi connectivity index (χ4v) is 7.23. The number of nitrogen functional groups attached to an aromatic ring is 2. The molecule has 0 bridgehead atoms. The lowest BCUT2D eigenvalue weighted by Gasteiger charge is -2.14. The van der Waals surface area contributed by atoms with E-state index in [4.69, 9.17) is 20.9 Å². The SMILES string of the molecule is COc1ccc(-c2c(-c3ccccc3)c(C#N)c(N)n2Cc2ccccc2)cc1.COc1ccc(-c2c(C#N)c(N)n(Cc3ccccc3)c2-c2ccccc2)cc1. The van der Waals surface area contributed by atoms with Gasteiger partial charge in [0.2, 0.25) is 0 Å². The van der Waals surface area contributed by atoms with Crippen LogP contribution in [0, 0.1) is 22.7 Å². The van der Waals surface area contributed by atoms with E-state index < -0.39 is 0 Å². The third-order valence-electron chi connectivity index (χ3n) is 10.0. The van der Waals surface area contributed by atoms with E-state index in [9.17, 15) is 10.5 Å². The van der Waals surface area contributed by atoms with Crippen LogP contribution >= 0.6 is 0 Å². The Balaban J connectivity index is 0.000000177. The standard InChI is InChI=1S/2C25H21N3O/c1-29-21-14-12-19(13-15-21)23-22(16-26)25(27)28(17-18-8-4-2-5-9-18)24(23)20-10-6-3-7-11-20;1-29-21-14-12-20(13-15-21)24-23(19-10-6-3-7-11-19)22(16-26)25(27)28(24)17-18-8-4-2-5-9-18/h2*2-15H,17,27H2,1H3. The smallest absolute Gasteiger partial charge is 0.123 e. The quantitative estimate of drug-likeness (QED) is 0.143. The number of nitriles is 2. The van der Waals surface area contributed by atoms with Crippen molar-refractivity contribution in [3.63, 3.8) is 0 Å². The van der Waals surface area contributed by atoms with Gasteiger partial charge >= 0.3 is 0 Å². The second-order valence-corrected chi connectivity index (χ2v) is 13.5. The Kier molecular flexibility index (Phi) is 11.7. The maximum atomic E-state index is 9.94. The zero-order valence-electron chi connectivity index (χ0n) is 32.3. The maximum absolute atomic E-state index is 9.94. The van der Waals surface area contributed by atoms with E-state index in [-0.39, 0.29) is 0 Å². The van der Waals surface area contributed by atoms with Gasteiger partial charge in [0, 0.05) is 24.2 Å². The van der Waals surface area contributed by atoms with E-state index in [0.717, 1.165) is 67.4 Å². The molecule has 0 fully saturated rings. The van der Waals surface area contributed by atoms with Gasteiger partial charge in [0.25, 0.3) is 0 Å². The van der Waals surface area contributed by atoms with Crippen LogP contribution in [-0.2, 0) is 13.1 Å². The van der Waals surface area contributed by atoms with Crippen LogP contribution < -0.4 is 20.9 Å². The molecule has 4 N–H and O–H groups in total. The van der Waals surface area contributed by atoms with E-state index in [1.54, 1.807) is 14.2 Å². The van der Waals surface area contributed by atoms with Gasteiger partial charge in [0.05, 0.1) is 25.6 Å². The van der Waals surface area contributed by atoms with Gasteiger partial charge in [-0.15, -0.1) is 0 Å². The molecule has 0 aliphatic rings. The van der Waals surface area contributed by atoms with E-state index in [1.807, 2.05) is 155 Å². The molecule has 58 heavy (non-hydrogen) atoms. The predicted molar refractivity (Wildman–Crippen MR) is 233 cm³/mol. The van der Waals surface area contributed by atoms with Crippen molar-refractivity contribution in [2.45, 2.75) is 13.1 Å². The second-order valence-electron chi connectivity index (χ2n) is 13.5. The molecule has 8 rings (SSSR count). The number of ether oxygens (including phenoxy) is 2. The highest BCUT2D eigenvalue weighted by molar-refractivity contribution is 5.92. The number of hydrogen-bond acceptors (Lipinski definition) is 6. The topological polar surface area (TPSA) is 128 Å². The maximum Gasteiger partial charge on any atom is 0.123 e. The predicted octanol–water partition coefficient (Wildman–Crippen LogP) is 10.7. The first-order chi connectivity index (χ1) is 28.4. The van der Waals surface area contributed by atoms with Gasteiger partial charge in [-0.05, 0) is 69.8 Å². The van der Waals surface area contributed by atoms with Crippen LogP contribution in [0.4, 0.5) is 11.6 Å². The normalized spacial score (nSPS) is 10.5. The Morgan fingerprint density at radius 1 is 0.431 bits per heavy atom. The molecule has 0 saturated heterocycles. The van der Waals surface area contributed by atoms with Crippen LogP contribution in [0.15, 0.2) is 170 Å². The summed E-state index contributed by atoms with van der Waals surface area (Å²) in [6, 6.07) is 60.5. The van der Waals surface area contributed by atoms with Crippen molar-refractivity contribution in [1.29, 1.82) is 10.5 Å². The highest BCUT2D eigenvalue weighted by Gasteiger charge is 2.25. The number of nitrogens with two attached hydrogens (primary N) is 2. The number of rotatable bonds is 10. The van der Waals surface area contributed by atoms with Crippen LogP contribution in [0.2, 0.25) is 0 Å². The molecular formula is C50H42N6O2. The molecule has 0 aliphatic carbocycles. The third-order valence-corrected chi connectivity index (χ3v) is 10.0. The molecule has 284 valence electrons. The number of methoxy groups -OCH3 is 2. The summed E-state index contributed by atoms with van der Waals surface area (Å²) >= 11 is 0. The van der Waals surface area contributed by atoms with Gasteiger partial charge in [-0.1, -0.05) is 133 Å². The number of aromatic nitrogens is 2. The number of nitrogens with zero attached hydrogens (tertiary/aromatic N) is 4. The fraction of sp³-hybridized carbons (Fsp3) is 0.0800. The minimum atomic E-state index is 0.473. The Morgan fingerprint density at radius 3 is 1.10 bits per heavy atom. The summed E-state index contributed by atoms with van der Waals surface area (Å²) in [5.41, 5.74) is 23.7. The van der Waals surface area contributed by atoms with Crippen LogP contribution in [0.1, 0.15) is 22.3 Å². The lowest BCUT2D eigenvalue weighted by Crippen LogP contribution is -2.06. The zero-order valence-corrected chi connectivity index (χ0v) is 32.3. The molecular weight excluding hydrogens is 717 g/mol. The molecule has 8 heteroatoms. The van der Waals surface area contributed by atoms with Crippen molar-refractivity contribution >= 4 is 11.6 Å². The average Bonchev–Trinajstić information content (AvgIpc) is 3.73. The molecule has 2 aromatic heterocycles. The molecule has 6 aromatic carbocycles. The van der Waals surface area contributed by atoms with Crippen molar-refractivity contribution in [3.8, 4) is 68.4 Å². The lowest BCUT2D eigenvalue weighted by atomic mass is 9.98. The van der Waals surface area contributed by atoms with Gasteiger partial charge in [0.15, 0.2) is 0 Å². The zero-order chi connectivity index (χ0) is 40.4. The summed E-state index contributed by atoms with van der Waals surface area (Å²) in [6.07, 6.45) is 0. The van der Waals surface area contributed by atoms with Crippen molar-refractivity contribution in [3.05, 3.63) is 192 Å². The first kappa shape index (κ1) is 38.3. The largest absolute Gasteiger partial charge is 0.497 e. The van der Waals surface area contributed by atoms with Crippen molar-refractivity contribution in [2.24, 2.45) is 0 Å². The van der Waals surface area contributed by atoms with Gasteiger partial charge < -0.3 is 30.1 Å². The van der Waals surface area contributed by atoms with E-state index in [1.165, 1.54) is 0 Å². The molecule has 0 atom stereocenters. The summed E-state index contributed by atoms with van der Waals surface area (Å²) in [5, 5.41) is 19.9. The molecule has 0 saturated carbocycles. The van der Waals surface area contributed by atoms with Gasteiger partial charge in [-0.3, -0.25) is 0 Å². The van der Waals surface area contributed by atoms with Crippen molar-refractivity contribution in [2.75, 3.05) is 25.7 Å². The first-order valence-electron chi connectivity index (χ1n) is 18.8. The minimum absolute atomic E-state index is 0.473. The van der Waals surface area contributed by atoms with Gasteiger partial charge in [0.1, 0.15) is 46.4 Å².